The summed E-state index contributed by atoms with van der Waals surface area (Å²) in [6.07, 6.45) is -5.43. The van der Waals surface area contributed by atoms with Crippen LogP contribution < -0.4 is 47.8 Å². The Balaban J connectivity index is -0.0000000411. The van der Waals surface area contributed by atoms with Gasteiger partial charge in [-0.3, -0.25) is 0 Å². The fourth-order valence-electron chi connectivity index (χ4n) is 1.37. The second kappa shape index (κ2) is 29.8. The van der Waals surface area contributed by atoms with Gasteiger partial charge in [-0.05, 0) is 0 Å². The maximum Gasteiger partial charge on any atom is -1.00 e. The van der Waals surface area contributed by atoms with Crippen molar-refractivity contribution in [3.63, 3.8) is 0 Å². The number of rotatable bonds is 10. The first kappa shape index (κ1) is 60.7. The monoisotopic (exact) mass is 634 g/mol. The maximum atomic E-state index is 10.1. The molecule has 168 valence electrons. The van der Waals surface area contributed by atoms with Gasteiger partial charge in [0.25, 0.3) is 0 Å². The van der Waals surface area contributed by atoms with Crippen LogP contribution in [0.3, 0.4) is 0 Å². The van der Waals surface area contributed by atoms with Crippen LogP contribution >= 0.6 is 0 Å². The molecule has 0 atom stereocenters. The van der Waals surface area contributed by atoms with Crippen molar-refractivity contribution in [1.29, 1.82) is 0 Å². The molecule has 0 aromatic carbocycles. The van der Waals surface area contributed by atoms with E-state index < -0.39 is 72.7 Å². The van der Waals surface area contributed by atoms with Crippen molar-refractivity contribution in [3.8, 4) is 0 Å². The Morgan fingerprint density at radius 2 is 0.636 bits per heavy atom. The predicted octanol–water partition coefficient (Wildman–Crippen LogP) is -18.9. The molecule has 0 heterocycles. The largest absolute Gasteiger partial charge is 1.00 e. The zero-order valence-electron chi connectivity index (χ0n) is 16.2. The fraction of sp³-hybridized carbons (Fsp3) is 0.500. The minimum Gasteiger partial charge on any atom is -1.00 e. The summed E-state index contributed by atoms with van der Waals surface area (Å²) in [5.74, 6) is -12.0. The molecular weight excluding hydrogens is 623 g/mol. The quantitative estimate of drug-likeness (QED) is 0.211. The predicted molar refractivity (Wildman–Crippen MR) is 90.0 cm³/mol. The van der Waals surface area contributed by atoms with E-state index >= 15 is 0 Å². The molecule has 14 nitrogen and oxygen atoms in total. The summed E-state index contributed by atoms with van der Waals surface area (Å²) < 4.78 is 0. The van der Waals surface area contributed by atoms with Gasteiger partial charge in [0.2, 0.25) is 0 Å². The fourth-order valence-corrected chi connectivity index (χ4v) is 1.37. The van der Waals surface area contributed by atoms with Gasteiger partial charge in [0, 0.05) is 49.6 Å². The molecule has 0 aromatic rings. The van der Waals surface area contributed by atoms with E-state index in [0.717, 1.165) is 0 Å². The van der Waals surface area contributed by atoms with Crippen molar-refractivity contribution >= 4 is 225 Å². The van der Waals surface area contributed by atoms with Gasteiger partial charge >= 0.3 is 189 Å². The molecule has 0 rings (SSSR count). The van der Waals surface area contributed by atoms with E-state index in [1.807, 2.05) is 0 Å². The second-order valence-corrected chi connectivity index (χ2v) is 4.83. The van der Waals surface area contributed by atoms with E-state index in [9.17, 15) is 59.4 Å². The molecule has 0 saturated carbocycles. The molecule has 0 aliphatic heterocycles. The Morgan fingerprint density at radius 1 is 0.515 bits per heavy atom. The van der Waals surface area contributed by atoms with Crippen LogP contribution in [0.5, 0.6) is 0 Å². The van der Waals surface area contributed by atoms with E-state index in [1.165, 1.54) is 0 Å². The molecule has 0 aliphatic carbocycles. The number of aliphatic carboxylic acids is 6. The summed E-state index contributed by atoms with van der Waals surface area (Å²) in [7, 11) is 0. The summed E-state index contributed by atoms with van der Waals surface area (Å²) in [4.78, 5) is 60.0. The summed E-state index contributed by atoms with van der Waals surface area (Å²) >= 11 is 0. The summed E-state index contributed by atoms with van der Waals surface area (Å²) in [5.41, 5.74) is -5.95. The first-order valence-corrected chi connectivity index (χ1v) is 6.23. The van der Waals surface area contributed by atoms with Crippen LogP contribution in [0.4, 0.5) is 0 Å². The van der Waals surface area contributed by atoms with Crippen LogP contribution in [0.2, 0.25) is 0 Å². The number of hydrogen-bond donors (Lipinski definition) is 2. The van der Waals surface area contributed by atoms with Gasteiger partial charge in [0.1, 0.15) is 11.2 Å². The van der Waals surface area contributed by atoms with E-state index in [2.05, 4.69) is 0 Å². The zero-order chi connectivity index (χ0) is 21.3. The third-order valence-electron chi connectivity index (χ3n) is 2.51. The van der Waals surface area contributed by atoms with E-state index in [0.29, 0.717) is 0 Å². The van der Waals surface area contributed by atoms with Gasteiger partial charge in [-0.1, -0.05) is 0 Å². The molecule has 0 aromatic heterocycles. The van der Waals surface area contributed by atoms with Crippen molar-refractivity contribution < 1.29 is 86.7 Å². The number of carboxylic acids is 6. The number of carbonyl (C=O) groups is 6. The van der Waals surface area contributed by atoms with Gasteiger partial charge in [-0.25, -0.2) is 0 Å². The minimum absolute atomic E-state index is 0. The molecule has 0 radical (unpaired) electrons. The van der Waals surface area contributed by atoms with Gasteiger partial charge in [-0.15, -0.1) is 0 Å². The molecule has 0 fully saturated rings. The number of halogens is 2. The van der Waals surface area contributed by atoms with Crippen molar-refractivity contribution in [1.82, 2.24) is 0 Å². The summed E-state index contributed by atoms with van der Waals surface area (Å²) in [5, 5.41) is 77.9. The normalized spacial score (nSPS) is 8.55. The maximum absolute atomic E-state index is 10.1. The first-order chi connectivity index (χ1) is 11.6. The molecule has 21 heteroatoms. The smallest absolute Gasteiger partial charge is 1.00 e. The van der Waals surface area contributed by atoms with Gasteiger partial charge in [-0.2, -0.15) is 0 Å². The average molecular weight is 635 g/mol. The van der Waals surface area contributed by atoms with Gasteiger partial charge in [0.05, 0.1) is 11.9 Å². The van der Waals surface area contributed by atoms with Gasteiger partial charge < -0.3 is 86.7 Å². The van der Waals surface area contributed by atoms with E-state index in [1.54, 1.807) is 0 Å². The standard InChI is InChI=1S/2C6H8O7.5Ca.ClH.FH.2H/c2*7-3(8)1-6(13,5(11)12)2-4(9)10;;;;;;;;;/h2*13H,1-2H2,(H,7,8)(H,9,10)(H,11,12);;;;;;2*1H;;/q;;;4*+2;;;;/p-8. The molecule has 0 amide bonds. The molecule has 0 aliphatic rings. The third kappa shape index (κ3) is 31.4. The molecule has 33 heavy (non-hydrogen) atoms. The number of aliphatic hydroxyl groups is 2. The van der Waals surface area contributed by atoms with E-state index in [-0.39, 0.29) is 206 Å². The second-order valence-electron chi connectivity index (χ2n) is 4.83. The van der Waals surface area contributed by atoms with Gasteiger partial charge in [0.15, 0.2) is 0 Å². The molecule has 0 spiro atoms. The van der Waals surface area contributed by atoms with Crippen LogP contribution in [0.1, 0.15) is 25.7 Å². The molecule has 0 bridgehead atoms. The molecule has 2 N–H and O–H groups in total. The number of hydrogen-bond acceptors (Lipinski definition) is 14. The molecule has 0 unspecified atom stereocenters. The molecular formula is C12H12Ca5ClFO14. The van der Waals surface area contributed by atoms with Crippen LogP contribution in [0.25, 0.3) is 0 Å². The van der Waals surface area contributed by atoms with Crippen molar-refractivity contribution in [2.45, 2.75) is 36.9 Å². The van der Waals surface area contributed by atoms with Crippen LogP contribution in [0, 0.1) is 0 Å². The SMILES string of the molecule is O=C([O-])CC(O)(CC(=O)[O-])C(=O)[O-].O=C([O-])CC(O)(CC(=O)[O-])C(=O)[O-].[Ca+2].[Ca+2].[Ca+2].[Ca+2].[CaH2].[Cl-].[F-]. The molecule has 0 saturated heterocycles. The summed E-state index contributed by atoms with van der Waals surface area (Å²) in [6, 6.07) is 0. The number of carboxylic acid groups (broad SMARTS) is 6. The topological polar surface area (TPSA) is 281 Å². The van der Waals surface area contributed by atoms with E-state index in [4.69, 9.17) is 10.2 Å². The Bertz CT molecular complexity index is 539. The van der Waals surface area contributed by atoms with Crippen LogP contribution in [0.15, 0.2) is 0 Å². The first-order valence-electron chi connectivity index (χ1n) is 6.23. The third-order valence-corrected chi connectivity index (χ3v) is 2.51. The minimum atomic E-state index is -2.97. The Labute approximate surface area is 341 Å². The summed E-state index contributed by atoms with van der Waals surface area (Å²) in [6.45, 7) is 0. The Kier molecular flexibility index (Phi) is 54.8. The van der Waals surface area contributed by atoms with Crippen molar-refractivity contribution in [2.24, 2.45) is 0 Å². The average Bonchev–Trinajstić information content (AvgIpc) is 2.34. The number of carbonyl (C=O) groups excluding carboxylic acids is 6. The Hall–Kier alpha value is 3.26. The van der Waals surface area contributed by atoms with Crippen LogP contribution in [-0.4, -0.2) is 246 Å². The Morgan fingerprint density at radius 3 is 0.697 bits per heavy atom. The zero-order valence-corrected chi connectivity index (χ0v) is 25.8. The van der Waals surface area contributed by atoms with Crippen LogP contribution in [-0.2, 0) is 28.8 Å². The van der Waals surface area contributed by atoms with Crippen molar-refractivity contribution in [3.05, 3.63) is 0 Å². The van der Waals surface area contributed by atoms with Crippen molar-refractivity contribution in [2.75, 3.05) is 0 Å².